The Labute approximate surface area is 115 Å². The molecule has 2 nitrogen and oxygen atoms in total. The Morgan fingerprint density at radius 1 is 1.21 bits per heavy atom. The van der Waals surface area contributed by atoms with Gasteiger partial charge in [0.05, 0.1) is 11.1 Å². The smallest absolute Gasteiger partial charge is 0.142 e. The van der Waals surface area contributed by atoms with Crippen LogP contribution < -0.4 is 5.32 Å². The van der Waals surface area contributed by atoms with Gasteiger partial charge in [-0.2, -0.15) is 0 Å². The maximum Gasteiger partial charge on any atom is 0.142 e. The Hall–Kier alpha value is -1.52. The molecule has 19 heavy (non-hydrogen) atoms. The molecule has 1 atom stereocenters. The first-order chi connectivity index (χ1) is 9.04. The highest BCUT2D eigenvalue weighted by molar-refractivity contribution is 6.30. The van der Waals surface area contributed by atoms with Crippen LogP contribution in [0.2, 0.25) is 5.02 Å². The Kier molecular flexibility index (Phi) is 4.12. The highest BCUT2D eigenvalue weighted by atomic mass is 35.5. The second-order valence-electron chi connectivity index (χ2n) is 4.24. The summed E-state index contributed by atoms with van der Waals surface area (Å²) in [6.07, 6.45) is 3.30. The summed E-state index contributed by atoms with van der Waals surface area (Å²) < 4.78 is 27.5. The summed E-state index contributed by atoms with van der Waals surface area (Å²) in [6, 6.07) is 3.46. The first-order valence-electron chi connectivity index (χ1n) is 5.76. The van der Waals surface area contributed by atoms with Gasteiger partial charge in [0.25, 0.3) is 0 Å². The molecule has 1 unspecified atom stereocenters. The normalized spacial score (nSPS) is 12.5. The van der Waals surface area contributed by atoms with Gasteiger partial charge in [-0.25, -0.2) is 8.78 Å². The van der Waals surface area contributed by atoms with E-state index in [0.29, 0.717) is 0 Å². The number of aromatic nitrogens is 1. The van der Waals surface area contributed by atoms with Crippen molar-refractivity contribution < 1.29 is 8.78 Å². The quantitative estimate of drug-likeness (QED) is 0.870. The number of hydrogen-bond donors (Lipinski definition) is 1. The molecule has 5 heteroatoms. The number of nitrogens with zero attached hydrogens (tertiary/aromatic N) is 1. The third kappa shape index (κ3) is 2.74. The van der Waals surface area contributed by atoms with Crippen molar-refractivity contribution in [3.63, 3.8) is 0 Å². The van der Waals surface area contributed by atoms with Crippen molar-refractivity contribution in [1.29, 1.82) is 0 Å². The van der Waals surface area contributed by atoms with Gasteiger partial charge in [-0.3, -0.25) is 4.98 Å². The van der Waals surface area contributed by atoms with E-state index in [1.54, 1.807) is 19.4 Å². The highest BCUT2D eigenvalue weighted by Gasteiger charge is 2.20. The summed E-state index contributed by atoms with van der Waals surface area (Å²) in [7, 11) is 1.68. The van der Waals surface area contributed by atoms with Crippen LogP contribution in [0.1, 0.15) is 22.7 Å². The predicted octanol–water partition coefficient (Wildman–Crippen LogP) is 3.63. The number of hydrogen-bond acceptors (Lipinski definition) is 2. The standard InChI is InChI=1S/C14H13ClF2N2/c1-8-3-4-19-7-10(8)14(18-2)9-5-13(17)11(15)6-12(9)16/h3-7,14,18H,1-2H3. The van der Waals surface area contributed by atoms with Gasteiger partial charge in [-0.1, -0.05) is 11.6 Å². The number of nitrogens with one attached hydrogen (secondary N) is 1. The molecule has 0 aliphatic rings. The van der Waals surface area contributed by atoms with Gasteiger partial charge >= 0.3 is 0 Å². The molecule has 0 aliphatic heterocycles. The SMILES string of the molecule is CNC(c1cnccc1C)c1cc(F)c(Cl)cc1F. The van der Waals surface area contributed by atoms with Crippen LogP contribution in [0.15, 0.2) is 30.6 Å². The number of aryl methyl sites for hydroxylation is 1. The van der Waals surface area contributed by atoms with Gasteiger partial charge in [-0.05, 0) is 43.3 Å². The van der Waals surface area contributed by atoms with Crippen LogP contribution in [0.3, 0.4) is 0 Å². The topological polar surface area (TPSA) is 24.9 Å². The zero-order valence-electron chi connectivity index (χ0n) is 10.5. The van der Waals surface area contributed by atoms with Crippen molar-refractivity contribution in [1.82, 2.24) is 10.3 Å². The fourth-order valence-electron chi connectivity index (χ4n) is 2.02. The van der Waals surface area contributed by atoms with Gasteiger partial charge in [-0.15, -0.1) is 0 Å². The minimum Gasteiger partial charge on any atom is -0.309 e. The lowest BCUT2D eigenvalue weighted by molar-refractivity contribution is 0.557. The largest absolute Gasteiger partial charge is 0.309 e. The molecule has 2 rings (SSSR count). The van der Waals surface area contributed by atoms with E-state index >= 15 is 0 Å². The average molecular weight is 283 g/mol. The number of benzene rings is 1. The Morgan fingerprint density at radius 3 is 2.58 bits per heavy atom. The van der Waals surface area contributed by atoms with Crippen LogP contribution in [0.4, 0.5) is 8.78 Å². The van der Waals surface area contributed by atoms with E-state index in [0.717, 1.165) is 23.3 Å². The fraction of sp³-hybridized carbons (Fsp3) is 0.214. The van der Waals surface area contributed by atoms with E-state index in [1.165, 1.54) is 0 Å². The average Bonchev–Trinajstić information content (AvgIpc) is 2.38. The van der Waals surface area contributed by atoms with Crippen LogP contribution in [-0.4, -0.2) is 12.0 Å². The maximum absolute atomic E-state index is 14.0. The molecule has 0 bridgehead atoms. The second-order valence-corrected chi connectivity index (χ2v) is 4.65. The number of halogens is 3. The van der Waals surface area contributed by atoms with Gasteiger partial charge in [0.2, 0.25) is 0 Å². The molecule has 0 aliphatic carbocycles. The zero-order valence-corrected chi connectivity index (χ0v) is 11.3. The maximum atomic E-state index is 14.0. The molecule has 0 saturated carbocycles. The monoisotopic (exact) mass is 282 g/mol. The van der Waals surface area contributed by atoms with Crippen LogP contribution >= 0.6 is 11.6 Å². The van der Waals surface area contributed by atoms with Crippen molar-refractivity contribution in [3.8, 4) is 0 Å². The lowest BCUT2D eigenvalue weighted by atomic mass is 9.96. The predicted molar refractivity (Wildman–Crippen MR) is 71.2 cm³/mol. The van der Waals surface area contributed by atoms with Crippen LogP contribution in [0.5, 0.6) is 0 Å². The lowest BCUT2D eigenvalue weighted by Gasteiger charge is -2.19. The Bertz CT molecular complexity index is 602. The zero-order chi connectivity index (χ0) is 14.0. The van der Waals surface area contributed by atoms with Crippen LogP contribution in [0, 0.1) is 18.6 Å². The van der Waals surface area contributed by atoms with Crippen molar-refractivity contribution in [3.05, 3.63) is 63.9 Å². The summed E-state index contributed by atoms with van der Waals surface area (Å²) in [6.45, 7) is 1.89. The van der Waals surface area contributed by atoms with Gasteiger partial charge < -0.3 is 5.32 Å². The van der Waals surface area contributed by atoms with Gasteiger partial charge in [0, 0.05) is 18.0 Å². The number of pyridine rings is 1. The van der Waals surface area contributed by atoms with Gasteiger partial charge in [0.1, 0.15) is 11.6 Å². The molecule has 0 radical (unpaired) electrons. The van der Waals surface area contributed by atoms with Crippen molar-refractivity contribution >= 4 is 11.6 Å². The first-order valence-corrected chi connectivity index (χ1v) is 6.14. The molecule has 0 spiro atoms. The molecule has 1 aromatic heterocycles. The van der Waals surface area contributed by atoms with E-state index in [9.17, 15) is 8.78 Å². The van der Waals surface area contributed by atoms with E-state index in [1.807, 2.05) is 13.0 Å². The summed E-state index contributed by atoms with van der Waals surface area (Å²) in [5.74, 6) is -1.19. The summed E-state index contributed by atoms with van der Waals surface area (Å²) in [5.41, 5.74) is 1.95. The molecular weight excluding hydrogens is 270 g/mol. The Balaban J connectivity index is 2.55. The van der Waals surface area contributed by atoms with E-state index in [2.05, 4.69) is 10.3 Å². The summed E-state index contributed by atoms with van der Waals surface area (Å²) in [5, 5.41) is 2.75. The highest BCUT2D eigenvalue weighted by Crippen LogP contribution is 2.29. The van der Waals surface area contributed by atoms with Crippen LogP contribution in [0.25, 0.3) is 0 Å². The second kappa shape index (κ2) is 5.63. The minimum absolute atomic E-state index is 0.209. The van der Waals surface area contributed by atoms with E-state index in [4.69, 9.17) is 11.6 Å². The molecule has 1 aromatic carbocycles. The third-order valence-electron chi connectivity index (χ3n) is 3.03. The van der Waals surface area contributed by atoms with Crippen molar-refractivity contribution in [2.24, 2.45) is 0 Å². The Morgan fingerprint density at radius 2 is 1.95 bits per heavy atom. The van der Waals surface area contributed by atoms with Crippen LogP contribution in [-0.2, 0) is 0 Å². The lowest BCUT2D eigenvalue weighted by Crippen LogP contribution is -2.20. The number of rotatable bonds is 3. The first kappa shape index (κ1) is 13.9. The third-order valence-corrected chi connectivity index (χ3v) is 3.32. The van der Waals surface area contributed by atoms with Crippen molar-refractivity contribution in [2.75, 3.05) is 7.05 Å². The molecular formula is C14H13ClF2N2. The van der Waals surface area contributed by atoms with Gasteiger partial charge in [0.15, 0.2) is 0 Å². The molecule has 2 aromatic rings. The molecule has 100 valence electrons. The summed E-state index contributed by atoms with van der Waals surface area (Å²) in [4.78, 5) is 4.03. The van der Waals surface area contributed by atoms with E-state index < -0.39 is 17.7 Å². The summed E-state index contributed by atoms with van der Waals surface area (Å²) >= 11 is 5.56. The molecule has 0 saturated heterocycles. The van der Waals surface area contributed by atoms with Crippen molar-refractivity contribution in [2.45, 2.75) is 13.0 Å². The molecule has 1 heterocycles. The molecule has 0 amide bonds. The molecule has 1 N–H and O–H groups in total. The van der Waals surface area contributed by atoms with E-state index in [-0.39, 0.29) is 10.6 Å². The minimum atomic E-state index is -0.639. The fourth-order valence-corrected chi connectivity index (χ4v) is 2.17. The molecule has 0 fully saturated rings.